The van der Waals surface area contributed by atoms with Crippen LogP contribution in [0.5, 0.6) is 11.5 Å². The molecule has 1 aliphatic heterocycles. The molecule has 0 saturated heterocycles. The molecule has 2 aliphatic rings. The van der Waals surface area contributed by atoms with Gasteiger partial charge in [-0.2, -0.15) is 0 Å². The third-order valence-electron chi connectivity index (χ3n) is 4.66. The molecule has 1 N–H and O–H groups in total. The van der Waals surface area contributed by atoms with E-state index >= 15 is 0 Å². The van der Waals surface area contributed by atoms with Crippen LogP contribution in [0.2, 0.25) is 0 Å². The van der Waals surface area contributed by atoms with Crippen molar-refractivity contribution in [2.45, 2.75) is 55.4 Å². The molecule has 1 saturated carbocycles. The van der Waals surface area contributed by atoms with E-state index in [1.165, 1.54) is 31.0 Å². The first kappa shape index (κ1) is 17.2. The van der Waals surface area contributed by atoms with Crippen molar-refractivity contribution >= 4 is 23.4 Å². The fourth-order valence-corrected chi connectivity index (χ4v) is 3.90. The number of carbonyl (C=O) groups excluding carboxylic acids is 1. The van der Waals surface area contributed by atoms with Gasteiger partial charge in [0.2, 0.25) is 18.6 Å². The highest BCUT2D eigenvalue weighted by atomic mass is 32.2. The Bertz CT molecular complexity index is 788. The number of hydrogen-bond donors (Lipinski definition) is 1. The summed E-state index contributed by atoms with van der Waals surface area (Å²) < 4.78 is 16.4. The summed E-state index contributed by atoms with van der Waals surface area (Å²) in [5.41, 5.74) is 0.667. The average Bonchev–Trinajstić information content (AvgIpc) is 3.31. The number of carbonyl (C=O) groups is 1. The number of benzene rings is 1. The maximum atomic E-state index is 12.4. The van der Waals surface area contributed by atoms with Gasteiger partial charge in [-0.25, -0.2) is 0 Å². The lowest BCUT2D eigenvalue weighted by Crippen LogP contribution is -2.22. The van der Waals surface area contributed by atoms with Gasteiger partial charge in [0, 0.05) is 17.7 Å². The summed E-state index contributed by atoms with van der Waals surface area (Å²) in [4.78, 5) is 12.4. The van der Waals surface area contributed by atoms with Crippen molar-refractivity contribution in [3.63, 3.8) is 0 Å². The van der Waals surface area contributed by atoms with E-state index in [-0.39, 0.29) is 18.0 Å². The van der Waals surface area contributed by atoms with E-state index in [2.05, 4.69) is 15.5 Å². The number of nitrogens with zero attached hydrogens (tertiary/aromatic N) is 2. The summed E-state index contributed by atoms with van der Waals surface area (Å²) in [6.07, 6.45) is 5.91. The van der Waals surface area contributed by atoms with E-state index in [0.717, 1.165) is 12.8 Å². The van der Waals surface area contributed by atoms with Gasteiger partial charge < -0.3 is 19.2 Å². The topological polar surface area (TPSA) is 86.5 Å². The molecule has 0 bridgehead atoms. The molecule has 4 rings (SSSR count). The Balaban J connectivity index is 1.34. The first-order valence-electron chi connectivity index (χ1n) is 8.89. The number of hydrogen-bond acceptors (Lipinski definition) is 7. The second-order valence-electron chi connectivity index (χ2n) is 6.56. The lowest BCUT2D eigenvalue weighted by atomic mass is 9.89. The Morgan fingerprint density at radius 3 is 2.85 bits per heavy atom. The Morgan fingerprint density at radius 2 is 2.00 bits per heavy atom. The highest BCUT2D eigenvalue weighted by molar-refractivity contribution is 8.00. The number of nitrogens with one attached hydrogen (secondary N) is 1. The number of fused-ring (bicyclic) bond motifs is 1. The second kappa shape index (κ2) is 7.57. The fraction of sp³-hybridized carbons (Fsp3) is 0.500. The van der Waals surface area contributed by atoms with Crippen molar-refractivity contribution in [1.29, 1.82) is 0 Å². The number of aromatic nitrogens is 2. The molecule has 0 radical (unpaired) electrons. The predicted octanol–water partition coefficient (Wildman–Crippen LogP) is 3.97. The zero-order valence-corrected chi connectivity index (χ0v) is 15.4. The zero-order chi connectivity index (χ0) is 17.9. The smallest absolute Gasteiger partial charge is 0.277 e. The van der Waals surface area contributed by atoms with Crippen LogP contribution in [0.1, 0.15) is 50.8 Å². The minimum absolute atomic E-state index is 0.133. The van der Waals surface area contributed by atoms with Crippen LogP contribution < -0.4 is 14.8 Å². The number of ether oxygens (including phenoxy) is 2. The van der Waals surface area contributed by atoms with Gasteiger partial charge in [0.05, 0.1) is 5.25 Å². The van der Waals surface area contributed by atoms with Crippen LogP contribution in [0.3, 0.4) is 0 Å². The van der Waals surface area contributed by atoms with E-state index in [9.17, 15) is 4.79 Å². The van der Waals surface area contributed by atoms with Gasteiger partial charge >= 0.3 is 0 Å². The highest BCUT2D eigenvalue weighted by Crippen LogP contribution is 2.35. The van der Waals surface area contributed by atoms with E-state index in [4.69, 9.17) is 13.9 Å². The molecule has 7 nitrogen and oxygen atoms in total. The van der Waals surface area contributed by atoms with Crippen LogP contribution in [0.15, 0.2) is 27.8 Å². The van der Waals surface area contributed by atoms with Crippen LogP contribution in [-0.4, -0.2) is 28.1 Å². The summed E-state index contributed by atoms with van der Waals surface area (Å²) in [6, 6.07) is 5.33. The van der Waals surface area contributed by atoms with Gasteiger partial charge in [0.1, 0.15) is 0 Å². The van der Waals surface area contributed by atoms with Gasteiger partial charge in [-0.3, -0.25) is 4.79 Å². The zero-order valence-electron chi connectivity index (χ0n) is 14.6. The Morgan fingerprint density at radius 1 is 1.19 bits per heavy atom. The normalized spacial score (nSPS) is 17.9. The molecule has 0 unspecified atom stereocenters. The van der Waals surface area contributed by atoms with Gasteiger partial charge in [0.15, 0.2) is 11.5 Å². The summed E-state index contributed by atoms with van der Waals surface area (Å²) >= 11 is 1.27. The quantitative estimate of drug-likeness (QED) is 0.791. The minimum Gasteiger partial charge on any atom is -0.454 e. The van der Waals surface area contributed by atoms with Crippen LogP contribution in [0.25, 0.3) is 0 Å². The highest BCUT2D eigenvalue weighted by Gasteiger charge is 2.24. The van der Waals surface area contributed by atoms with Gasteiger partial charge in [-0.15, -0.1) is 10.2 Å². The summed E-state index contributed by atoms with van der Waals surface area (Å²) in [7, 11) is 0. The van der Waals surface area contributed by atoms with Crippen LogP contribution >= 0.6 is 11.8 Å². The largest absolute Gasteiger partial charge is 0.454 e. The van der Waals surface area contributed by atoms with Crippen molar-refractivity contribution in [2.75, 3.05) is 12.1 Å². The molecular weight excluding hydrogens is 354 g/mol. The van der Waals surface area contributed by atoms with Crippen molar-refractivity contribution < 1.29 is 18.7 Å². The maximum Gasteiger partial charge on any atom is 0.277 e. The maximum absolute atomic E-state index is 12.4. The minimum atomic E-state index is -0.361. The number of anilines is 1. The summed E-state index contributed by atoms with van der Waals surface area (Å²) in [6.45, 7) is 2.02. The molecular formula is C18H21N3O4S. The molecule has 2 heterocycles. The third kappa shape index (κ3) is 3.80. The van der Waals surface area contributed by atoms with Crippen molar-refractivity contribution in [1.82, 2.24) is 10.2 Å². The van der Waals surface area contributed by atoms with Gasteiger partial charge in [-0.05, 0) is 31.9 Å². The Labute approximate surface area is 155 Å². The molecule has 138 valence electrons. The molecule has 26 heavy (non-hydrogen) atoms. The van der Waals surface area contributed by atoms with Crippen molar-refractivity contribution in [3.05, 3.63) is 24.1 Å². The van der Waals surface area contributed by atoms with E-state index in [0.29, 0.717) is 34.2 Å². The summed E-state index contributed by atoms with van der Waals surface area (Å²) in [5, 5.41) is 11.2. The molecule has 1 aliphatic carbocycles. The third-order valence-corrected chi connectivity index (χ3v) is 5.60. The summed E-state index contributed by atoms with van der Waals surface area (Å²) in [5.74, 6) is 2.26. The van der Waals surface area contributed by atoms with Gasteiger partial charge in [0.25, 0.3) is 5.22 Å². The number of rotatable bonds is 5. The standard InChI is InChI=1S/C18H21N3O4S/c1-11(16(22)19-13-7-8-14-15(9-13)24-10-23-14)26-18-21-20-17(25-18)12-5-3-2-4-6-12/h7-9,11-12H,2-6,10H2,1H3,(H,19,22)/t11-/m0/s1. The molecule has 0 spiro atoms. The predicted molar refractivity (Wildman–Crippen MR) is 96.6 cm³/mol. The molecule has 1 aromatic heterocycles. The molecule has 8 heteroatoms. The Kier molecular flexibility index (Phi) is 5.01. The van der Waals surface area contributed by atoms with E-state index < -0.39 is 0 Å². The molecule has 1 fully saturated rings. The molecule has 1 atom stereocenters. The van der Waals surface area contributed by atoms with Crippen LogP contribution in [0.4, 0.5) is 5.69 Å². The fourth-order valence-electron chi connectivity index (χ4n) is 3.21. The van der Waals surface area contributed by atoms with E-state index in [1.807, 2.05) is 6.92 Å². The SMILES string of the molecule is C[C@H](Sc1nnc(C2CCCCC2)o1)C(=O)Nc1ccc2c(c1)OCO2. The lowest BCUT2D eigenvalue weighted by Gasteiger charge is -2.17. The molecule has 1 aromatic carbocycles. The first-order chi connectivity index (χ1) is 12.7. The van der Waals surface area contributed by atoms with Crippen molar-refractivity contribution in [2.24, 2.45) is 0 Å². The molecule has 2 aromatic rings. The van der Waals surface area contributed by atoms with Crippen molar-refractivity contribution in [3.8, 4) is 11.5 Å². The molecule has 1 amide bonds. The Hall–Kier alpha value is -2.22. The van der Waals surface area contributed by atoms with Crippen LogP contribution in [-0.2, 0) is 4.79 Å². The van der Waals surface area contributed by atoms with E-state index in [1.54, 1.807) is 18.2 Å². The second-order valence-corrected chi connectivity index (χ2v) is 7.85. The monoisotopic (exact) mass is 375 g/mol. The van der Waals surface area contributed by atoms with Crippen LogP contribution in [0, 0.1) is 0 Å². The average molecular weight is 375 g/mol. The number of thioether (sulfide) groups is 1. The lowest BCUT2D eigenvalue weighted by molar-refractivity contribution is -0.115. The first-order valence-corrected chi connectivity index (χ1v) is 9.77. The van der Waals surface area contributed by atoms with Gasteiger partial charge in [-0.1, -0.05) is 31.0 Å². The number of amides is 1.